The van der Waals surface area contributed by atoms with Crippen molar-refractivity contribution < 1.29 is 35.9 Å². The fraction of sp³-hybridized carbons (Fsp3) is 0.125. The van der Waals surface area contributed by atoms with Gasteiger partial charge in [-0.2, -0.15) is 26.3 Å². The van der Waals surface area contributed by atoms with E-state index < -0.39 is 35.3 Å². The first-order chi connectivity index (χ1) is 13.0. The Kier molecular flexibility index (Phi) is 6.01. The van der Waals surface area contributed by atoms with Crippen LogP contribution in [0.5, 0.6) is 0 Å². The van der Waals surface area contributed by atoms with E-state index >= 15 is 0 Å². The van der Waals surface area contributed by atoms with E-state index in [2.05, 4.69) is 10.9 Å². The van der Waals surface area contributed by atoms with Gasteiger partial charge in [-0.15, -0.1) is 0 Å². The van der Waals surface area contributed by atoms with Crippen LogP contribution >= 0.6 is 0 Å². The van der Waals surface area contributed by atoms with Crippen molar-refractivity contribution in [2.75, 3.05) is 10.9 Å². The van der Waals surface area contributed by atoms with Gasteiger partial charge in [-0.25, -0.2) is 0 Å². The summed E-state index contributed by atoms with van der Waals surface area (Å²) in [5.74, 6) is -2.59. The van der Waals surface area contributed by atoms with Crippen LogP contribution in [0, 0.1) is 0 Å². The van der Waals surface area contributed by atoms with Crippen LogP contribution in [0.1, 0.15) is 11.1 Å². The maximum absolute atomic E-state index is 12.6. The molecule has 4 N–H and O–H groups in total. The predicted molar refractivity (Wildman–Crippen MR) is 86.4 cm³/mol. The van der Waals surface area contributed by atoms with Gasteiger partial charge in [0.2, 0.25) is 0 Å². The fourth-order valence-corrected chi connectivity index (χ4v) is 1.92. The zero-order valence-corrected chi connectivity index (χ0v) is 13.7. The summed E-state index contributed by atoms with van der Waals surface area (Å²) in [4.78, 5) is 23.2. The molecule has 0 radical (unpaired) electrons. The second-order valence-corrected chi connectivity index (χ2v) is 5.32. The first-order valence-electron chi connectivity index (χ1n) is 7.43. The quantitative estimate of drug-likeness (QED) is 0.357. The highest BCUT2D eigenvalue weighted by Crippen LogP contribution is 2.31. The van der Waals surface area contributed by atoms with Crippen molar-refractivity contribution in [3.8, 4) is 0 Å². The Morgan fingerprint density at radius 3 is 1.32 bits per heavy atom. The lowest BCUT2D eigenvalue weighted by molar-refractivity contribution is -0.138. The Labute approximate surface area is 153 Å². The molecule has 2 aromatic carbocycles. The molecule has 0 aliphatic carbocycles. The third-order valence-corrected chi connectivity index (χ3v) is 3.23. The molecular weight excluding hydrogens is 394 g/mol. The zero-order chi connectivity index (χ0) is 20.9. The summed E-state index contributed by atoms with van der Waals surface area (Å²) in [6.45, 7) is 0. The molecule has 0 saturated heterocycles. The SMILES string of the molecule is O=C(NNc1cccc(C(F)(F)F)c1)C(=O)NNc1cccc(C(F)(F)F)c1. The molecule has 2 rings (SSSR count). The van der Waals surface area contributed by atoms with Gasteiger partial charge in [0.25, 0.3) is 0 Å². The molecular formula is C16H12F6N4O2. The third-order valence-electron chi connectivity index (χ3n) is 3.23. The minimum Gasteiger partial charge on any atom is -0.298 e. The van der Waals surface area contributed by atoms with Crippen molar-refractivity contribution in [3.05, 3.63) is 59.7 Å². The standard InChI is InChI=1S/C16H12F6N4O2/c17-15(18,19)9-3-1-5-11(7-9)23-25-13(27)14(28)26-24-12-6-2-4-10(8-12)16(20,21)22/h1-8,23-24H,(H,25,27)(H,26,28). The van der Waals surface area contributed by atoms with Gasteiger partial charge in [0.1, 0.15) is 0 Å². The monoisotopic (exact) mass is 406 g/mol. The molecule has 12 heteroatoms. The lowest BCUT2D eigenvalue weighted by Gasteiger charge is -2.13. The summed E-state index contributed by atoms with van der Waals surface area (Å²) < 4.78 is 75.6. The number of carbonyl (C=O) groups excluding carboxylic acids is 2. The molecule has 0 fully saturated rings. The van der Waals surface area contributed by atoms with Gasteiger partial charge in [0, 0.05) is 0 Å². The van der Waals surface area contributed by atoms with Gasteiger partial charge in [-0.3, -0.25) is 31.3 Å². The van der Waals surface area contributed by atoms with Crippen LogP contribution in [0.15, 0.2) is 48.5 Å². The van der Waals surface area contributed by atoms with E-state index in [0.717, 1.165) is 24.3 Å². The van der Waals surface area contributed by atoms with E-state index in [1.165, 1.54) is 12.1 Å². The average Bonchev–Trinajstić information content (AvgIpc) is 2.63. The number of hydrogen-bond donors (Lipinski definition) is 4. The maximum atomic E-state index is 12.6. The summed E-state index contributed by atoms with van der Waals surface area (Å²) in [5.41, 5.74) is 5.76. The molecule has 0 aromatic heterocycles. The van der Waals surface area contributed by atoms with Crippen molar-refractivity contribution in [3.63, 3.8) is 0 Å². The lowest BCUT2D eigenvalue weighted by Crippen LogP contribution is -2.44. The number of nitrogens with one attached hydrogen (secondary N) is 4. The molecule has 0 heterocycles. The van der Waals surface area contributed by atoms with Crippen molar-refractivity contribution >= 4 is 23.2 Å². The number of alkyl halides is 6. The average molecular weight is 406 g/mol. The van der Waals surface area contributed by atoms with Gasteiger partial charge in [-0.05, 0) is 36.4 Å². The number of hydrogen-bond acceptors (Lipinski definition) is 4. The molecule has 0 aliphatic heterocycles. The summed E-state index contributed by atoms with van der Waals surface area (Å²) in [5, 5.41) is 0. The molecule has 150 valence electrons. The van der Waals surface area contributed by atoms with Crippen molar-refractivity contribution in [2.45, 2.75) is 12.4 Å². The van der Waals surface area contributed by atoms with Crippen LogP contribution in [0.4, 0.5) is 37.7 Å². The van der Waals surface area contributed by atoms with Gasteiger partial charge in [0.05, 0.1) is 22.5 Å². The second kappa shape index (κ2) is 8.06. The number of anilines is 2. The minimum atomic E-state index is -4.59. The van der Waals surface area contributed by atoms with Crippen LogP contribution < -0.4 is 21.7 Å². The summed E-state index contributed by atoms with van der Waals surface area (Å²) in [6.07, 6.45) is -9.18. The highest BCUT2D eigenvalue weighted by Gasteiger charge is 2.31. The van der Waals surface area contributed by atoms with Crippen LogP contribution in [-0.2, 0) is 21.9 Å². The zero-order valence-electron chi connectivity index (χ0n) is 13.7. The normalized spacial score (nSPS) is 11.5. The van der Waals surface area contributed by atoms with Crippen LogP contribution in [0.25, 0.3) is 0 Å². The van der Waals surface area contributed by atoms with E-state index in [4.69, 9.17) is 0 Å². The van der Waals surface area contributed by atoms with Gasteiger partial charge < -0.3 is 0 Å². The van der Waals surface area contributed by atoms with Crippen molar-refractivity contribution in [1.82, 2.24) is 10.9 Å². The first kappa shape index (κ1) is 20.9. The smallest absolute Gasteiger partial charge is 0.298 e. The van der Waals surface area contributed by atoms with E-state index in [9.17, 15) is 35.9 Å². The number of halogens is 6. The predicted octanol–water partition coefficient (Wildman–Crippen LogP) is 3.31. The molecule has 0 saturated carbocycles. The Hall–Kier alpha value is -3.44. The molecule has 0 bridgehead atoms. The summed E-state index contributed by atoms with van der Waals surface area (Å²) >= 11 is 0. The molecule has 2 aromatic rings. The van der Waals surface area contributed by atoms with E-state index in [0.29, 0.717) is 12.1 Å². The largest absolute Gasteiger partial charge is 0.416 e. The molecule has 2 amide bonds. The van der Waals surface area contributed by atoms with Gasteiger partial charge in [0.15, 0.2) is 0 Å². The lowest BCUT2D eigenvalue weighted by atomic mass is 10.2. The first-order valence-corrected chi connectivity index (χ1v) is 7.43. The Morgan fingerprint density at radius 1 is 0.643 bits per heavy atom. The van der Waals surface area contributed by atoms with Gasteiger partial charge in [-0.1, -0.05) is 12.1 Å². The summed E-state index contributed by atoms with van der Waals surface area (Å²) in [6, 6.07) is 7.66. The van der Waals surface area contributed by atoms with Crippen LogP contribution in [0.2, 0.25) is 0 Å². The Bertz CT molecular complexity index is 795. The molecule has 0 spiro atoms. The maximum Gasteiger partial charge on any atom is 0.416 e. The van der Waals surface area contributed by atoms with E-state index in [1.54, 1.807) is 0 Å². The second-order valence-electron chi connectivity index (χ2n) is 5.32. The van der Waals surface area contributed by atoms with Crippen LogP contribution in [0.3, 0.4) is 0 Å². The molecule has 0 aliphatic rings. The number of benzene rings is 2. The molecule has 0 unspecified atom stereocenters. The van der Waals surface area contributed by atoms with E-state index in [1.807, 2.05) is 10.9 Å². The van der Waals surface area contributed by atoms with E-state index in [-0.39, 0.29) is 11.4 Å². The van der Waals surface area contributed by atoms with Crippen LogP contribution in [-0.4, -0.2) is 11.8 Å². The number of hydrazine groups is 2. The Morgan fingerprint density at radius 2 is 1.00 bits per heavy atom. The number of amides is 2. The van der Waals surface area contributed by atoms with Crippen molar-refractivity contribution in [1.29, 1.82) is 0 Å². The topological polar surface area (TPSA) is 82.3 Å². The minimum absolute atomic E-state index is 0.137. The highest BCUT2D eigenvalue weighted by atomic mass is 19.4. The molecule has 28 heavy (non-hydrogen) atoms. The van der Waals surface area contributed by atoms with Crippen molar-refractivity contribution in [2.24, 2.45) is 0 Å². The summed E-state index contributed by atoms with van der Waals surface area (Å²) in [7, 11) is 0. The fourth-order valence-electron chi connectivity index (χ4n) is 1.92. The van der Waals surface area contributed by atoms with Gasteiger partial charge >= 0.3 is 24.2 Å². The highest BCUT2D eigenvalue weighted by molar-refractivity contribution is 6.35. The number of carbonyl (C=O) groups is 2. The molecule has 0 atom stereocenters. The number of rotatable bonds is 4. The Balaban J connectivity index is 1.89. The molecule has 6 nitrogen and oxygen atoms in total. The third kappa shape index (κ3) is 5.79.